The van der Waals surface area contributed by atoms with E-state index in [9.17, 15) is 9.59 Å². The number of carbonyl (C=O) groups excluding carboxylic acids is 1. The third kappa shape index (κ3) is 5.30. The smallest absolute Gasteiger partial charge is 0.308 e. The standard InChI is InChI=1S/C15H21NO4/c1-3-12(15(18)19)10-16-14(17)8-7-11-5-4-6-13(9-11)20-2/h4-6,9,12H,3,7-8,10H2,1-2H3,(H,16,17)(H,18,19). The molecule has 0 fully saturated rings. The lowest BCUT2D eigenvalue weighted by molar-refractivity contribution is -0.141. The highest BCUT2D eigenvalue weighted by Gasteiger charge is 2.15. The van der Waals surface area contributed by atoms with E-state index in [1.165, 1.54) is 0 Å². The van der Waals surface area contributed by atoms with Gasteiger partial charge in [0.15, 0.2) is 0 Å². The number of hydrogen-bond acceptors (Lipinski definition) is 3. The molecular weight excluding hydrogens is 258 g/mol. The zero-order chi connectivity index (χ0) is 15.0. The van der Waals surface area contributed by atoms with Crippen LogP contribution in [0, 0.1) is 5.92 Å². The largest absolute Gasteiger partial charge is 0.497 e. The first-order valence-electron chi connectivity index (χ1n) is 6.69. The molecule has 0 aliphatic rings. The first-order chi connectivity index (χ1) is 9.56. The van der Waals surface area contributed by atoms with Crippen LogP contribution < -0.4 is 10.1 Å². The van der Waals surface area contributed by atoms with Gasteiger partial charge in [-0.3, -0.25) is 9.59 Å². The minimum absolute atomic E-state index is 0.132. The number of carbonyl (C=O) groups is 2. The number of carboxylic acid groups (broad SMARTS) is 1. The van der Waals surface area contributed by atoms with Crippen molar-refractivity contribution in [3.8, 4) is 5.75 Å². The van der Waals surface area contributed by atoms with E-state index < -0.39 is 11.9 Å². The summed E-state index contributed by atoms with van der Waals surface area (Å²) in [5, 5.41) is 11.5. The number of carboxylic acids is 1. The summed E-state index contributed by atoms with van der Waals surface area (Å²) in [6, 6.07) is 7.55. The van der Waals surface area contributed by atoms with Crippen LogP contribution in [0.3, 0.4) is 0 Å². The topological polar surface area (TPSA) is 75.6 Å². The van der Waals surface area contributed by atoms with Crippen LogP contribution in [0.25, 0.3) is 0 Å². The molecule has 1 aromatic carbocycles. The molecule has 0 radical (unpaired) electrons. The van der Waals surface area contributed by atoms with Crippen LogP contribution in [-0.4, -0.2) is 30.6 Å². The fourth-order valence-corrected chi connectivity index (χ4v) is 1.82. The zero-order valence-electron chi connectivity index (χ0n) is 11.9. The molecule has 1 unspecified atom stereocenters. The fraction of sp³-hybridized carbons (Fsp3) is 0.467. The third-order valence-electron chi connectivity index (χ3n) is 3.16. The van der Waals surface area contributed by atoms with Crippen LogP contribution in [0.5, 0.6) is 5.75 Å². The molecule has 0 heterocycles. The Kier molecular flexibility index (Phi) is 6.56. The highest BCUT2D eigenvalue weighted by atomic mass is 16.5. The normalized spacial score (nSPS) is 11.7. The maximum atomic E-state index is 11.7. The summed E-state index contributed by atoms with van der Waals surface area (Å²) >= 11 is 0. The number of benzene rings is 1. The molecule has 0 aliphatic carbocycles. The predicted molar refractivity (Wildman–Crippen MR) is 75.7 cm³/mol. The van der Waals surface area contributed by atoms with Crippen molar-refractivity contribution < 1.29 is 19.4 Å². The van der Waals surface area contributed by atoms with Crippen molar-refractivity contribution in [1.29, 1.82) is 0 Å². The van der Waals surface area contributed by atoms with Crippen LogP contribution in [0.2, 0.25) is 0 Å². The van der Waals surface area contributed by atoms with Gasteiger partial charge in [-0.1, -0.05) is 19.1 Å². The fourth-order valence-electron chi connectivity index (χ4n) is 1.82. The number of ether oxygens (including phenoxy) is 1. The van der Waals surface area contributed by atoms with Gasteiger partial charge in [0.1, 0.15) is 5.75 Å². The van der Waals surface area contributed by atoms with Crippen LogP contribution >= 0.6 is 0 Å². The molecule has 1 rings (SSSR count). The summed E-state index contributed by atoms with van der Waals surface area (Å²) in [6.07, 6.45) is 1.45. The van der Waals surface area contributed by atoms with Crippen LogP contribution in [0.1, 0.15) is 25.3 Å². The highest BCUT2D eigenvalue weighted by molar-refractivity contribution is 5.77. The summed E-state index contributed by atoms with van der Waals surface area (Å²) in [5.74, 6) is -0.760. The van der Waals surface area contributed by atoms with Gasteiger partial charge in [0.2, 0.25) is 5.91 Å². The van der Waals surface area contributed by atoms with Gasteiger partial charge in [0.05, 0.1) is 13.0 Å². The number of amides is 1. The molecule has 0 aliphatic heterocycles. The molecule has 1 amide bonds. The Hall–Kier alpha value is -2.04. The Morgan fingerprint density at radius 1 is 1.40 bits per heavy atom. The predicted octanol–water partition coefficient (Wildman–Crippen LogP) is 1.85. The lowest BCUT2D eigenvalue weighted by atomic mass is 10.1. The second-order valence-electron chi connectivity index (χ2n) is 4.60. The van der Waals surface area contributed by atoms with E-state index in [0.717, 1.165) is 11.3 Å². The first kappa shape index (κ1) is 16.0. The number of methoxy groups -OCH3 is 1. The lowest BCUT2D eigenvalue weighted by Gasteiger charge is -2.11. The Morgan fingerprint density at radius 3 is 2.75 bits per heavy atom. The Balaban J connectivity index is 2.37. The van der Waals surface area contributed by atoms with Crippen LogP contribution in [0.15, 0.2) is 24.3 Å². The third-order valence-corrected chi connectivity index (χ3v) is 3.16. The molecule has 0 saturated carbocycles. The molecular formula is C15H21NO4. The monoisotopic (exact) mass is 279 g/mol. The molecule has 0 bridgehead atoms. The van der Waals surface area contributed by atoms with E-state index >= 15 is 0 Å². The van der Waals surface area contributed by atoms with Crippen molar-refractivity contribution in [2.45, 2.75) is 26.2 Å². The van der Waals surface area contributed by atoms with E-state index in [1.807, 2.05) is 24.3 Å². The Morgan fingerprint density at radius 2 is 2.15 bits per heavy atom. The number of aryl methyl sites for hydroxylation is 1. The van der Waals surface area contributed by atoms with Gasteiger partial charge < -0.3 is 15.2 Å². The summed E-state index contributed by atoms with van der Waals surface area (Å²) in [6.45, 7) is 1.98. The number of nitrogens with one attached hydrogen (secondary N) is 1. The molecule has 0 saturated heterocycles. The first-order valence-corrected chi connectivity index (χ1v) is 6.69. The van der Waals surface area contributed by atoms with Gasteiger partial charge in [-0.25, -0.2) is 0 Å². The van der Waals surface area contributed by atoms with E-state index in [4.69, 9.17) is 9.84 Å². The van der Waals surface area contributed by atoms with Crippen molar-refractivity contribution in [1.82, 2.24) is 5.32 Å². The Labute approximate surface area is 118 Å². The quantitative estimate of drug-likeness (QED) is 0.761. The van der Waals surface area contributed by atoms with Crippen molar-refractivity contribution in [2.24, 2.45) is 5.92 Å². The molecule has 1 aromatic rings. The van der Waals surface area contributed by atoms with Crippen LogP contribution in [0.4, 0.5) is 0 Å². The lowest BCUT2D eigenvalue weighted by Crippen LogP contribution is -2.32. The molecule has 110 valence electrons. The average molecular weight is 279 g/mol. The summed E-state index contributed by atoms with van der Waals surface area (Å²) < 4.78 is 5.12. The molecule has 2 N–H and O–H groups in total. The molecule has 20 heavy (non-hydrogen) atoms. The van der Waals surface area contributed by atoms with Gasteiger partial charge in [-0.05, 0) is 30.5 Å². The maximum absolute atomic E-state index is 11.7. The average Bonchev–Trinajstić information content (AvgIpc) is 2.45. The number of rotatable bonds is 8. The summed E-state index contributed by atoms with van der Waals surface area (Å²) in [7, 11) is 1.60. The van der Waals surface area contributed by atoms with E-state index in [-0.39, 0.29) is 12.5 Å². The molecule has 5 heteroatoms. The SMILES string of the molecule is CCC(CNC(=O)CCc1cccc(OC)c1)C(=O)O. The van der Waals surface area contributed by atoms with E-state index in [0.29, 0.717) is 19.3 Å². The number of aliphatic carboxylic acids is 1. The van der Waals surface area contributed by atoms with Gasteiger partial charge in [-0.15, -0.1) is 0 Å². The van der Waals surface area contributed by atoms with Gasteiger partial charge in [-0.2, -0.15) is 0 Å². The second-order valence-corrected chi connectivity index (χ2v) is 4.60. The minimum Gasteiger partial charge on any atom is -0.497 e. The summed E-state index contributed by atoms with van der Waals surface area (Å²) in [5.41, 5.74) is 1.02. The Bertz CT molecular complexity index is 459. The van der Waals surface area contributed by atoms with Crippen molar-refractivity contribution in [2.75, 3.05) is 13.7 Å². The zero-order valence-corrected chi connectivity index (χ0v) is 11.9. The highest BCUT2D eigenvalue weighted by Crippen LogP contribution is 2.13. The van der Waals surface area contributed by atoms with E-state index in [1.54, 1.807) is 14.0 Å². The van der Waals surface area contributed by atoms with Gasteiger partial charge in [0, 0.05) is 13.0 Å². The molecule has 5 nitrogen and oxygen atoms in total. The number of hydrogen-bond donors (Lipinski definition) is 2. The molecule has 1 atom stereocenters. The van der Waals surface area contributed by atoms with Crippen molar-refractivity contribution >= 4 is 11.9 Å². The van der Waals surface area contributed by atoms with Crippen molar-refractivity contribution in [3.05, 3.63) is 29.8 Å². The summed E-state index contributed by atoms with van der Waals surface area (Å²) in [4.78, 5) is 22.5. The van der Waals surface area contributed by atoms with Crippen molar-refractivity contribution in [3.63, 3.8) is 0 Å². The van der Waals surface area contributed by atoms with Crippen LogP contribution in [-0.2, 0) is 16.0 Å². The molecule has 0 aromatic heterocycles. The van der Waals surface area contributed by atoms with Gasteiger partial charge in [0.25, 0.3) is 0 Å². The van der Waals surface area contributed by atoms with E-state index in [2.05, 4.69) is 5.32 Å². The minimum atomic E-state index is -0.874. The second kappa shape index (κ2) is 8.19. The molecule has 0 spiro atoms. The van der Waals surface area contributed by atoms with Gasteiger partial charge >= 0.3 is 5.97 Å². The maximum Gasteiger partial charge on any atom is 0.308 e.